The molecule has 0 bridgehead atoms. The fourth-order valence-electron chi connectivity index (χ4n) is 8.79. The van der Waals surface area contributed by atoms with E-state index in [1.54, 1.807) is 14.2 Å². The monoisotopic (exact) mass is 696 g/mol. The van der Waals surface area contributed by atoms with Gasteiger partial charge in [0.05, 0.1) is 19.1 Å². The largest absolute Gasteiger partial charge is 0.497 e. The van der Waals surface area contributed by atoms with E-state index in [4.69, 9.17) is 18.9 Å². The second kappa shape index (κ2) is 11.6. The highest BCUT2D eigenvalue weighted by Gasteiger charge is 2.51. The highest BCUT2D eigenvalue weighted by atomic mass is 32.2. The third-order valence-corrected chi connectivity index (χ3v) is 14.2. The van der Waals surface area contributed by atoms with Crippen LogP contribution < -0.4 is 18.9 Å². The maximum atomic E-state index is 7.64. The molecule has 0 N–H and O–H groups in total. The normalized spacial score (nSPS) is 18.4. The van der Waals surface area contributed by atoms with E-state index >= 15 is 0 Å². The molecule has 2 heterocycles. The third-order valence-electron chi connectivity index (χ3n) is 12.4. The average molecular weight is 697 g/mol. The predicted octanol–water partition coefficient (Wildman–Crippen LogP) is 11.9. The molecule has 0 atom stereocenters. The van der Waals surface area contributed by atoms with Gasteiger partial charge in [0.1, 0.15) is 23.0 Å². The van der Waals surface area contributed by atoms with Crippen molar-refractivity contribution in [2.24, 2.45) is 11.8 Å². The number of fused-ring (bicyclic) bond motifs is 9. The number of hydrogen-bond acceptors (Lipinski definition) is 5. The fraction of sp³-hybridized carbons (Fsp3) is 0.348. The zero-order valence-corrected chi connectivity index (χ0v) is 32.3. The Morgan fingerprint density at radius 3 is 1.82 bits per heavy atom. The van der Waals surface area contributed by atoms with E-state index in [0.717, 1.165) is 45.1 Å². The Labute approximate surface area is 307 Å². The minimum atomic E-state index is -0.910. The number of rotatable bonds is 6. The fourth-order valence-corrected chi connectivity index (χ4v) is 10.1. The van der Waals surface area contributed by atoms with Gasteiger partial charge in [0.25, 0.3) is 0 Å². The van der Waals surface area contributed by atoms with Crippen molar-refractivity contribution in [3.8, 4) is 34.1 Å². The van der Waals surface area contributed by atoms with E-state index in [9.17, 15) is 0 Å². The number of hydrogen-bond donors (Lipinski definition) is 0. The van der Waals surface area contributed by atoms with Gasteiger partial charge in [-0.15, -0.1) is 0 Å². The van der Waals surface area contributed by atoms with Gasteiger partial charge < -0.3 is 18.9 Å². The summed E-state index contributed by atoms with van der Waals surface area (Å²) in [5.74, 6) is 4.05. The molecule has 0 saturated heterocycles. The lowest BCUT2D eigenvalue weighted by molar-refractivity contribution is 0.0757. The Morgan fingerprint density at radius 1 is 0.667 bits per heavy atom. The van der Waals surface area contributed by atoms with Gasteiger partial charge in [0, 0.05) is 39.3 Å². The first kappa shape index (κ1) is 33.8. The van der Waals surface area contributed by atoms with Crippen LogP contribution in [0.3, 0.4) is 0 Å². The molecular formula is C46H48O4S. The van der Waals surface area contributed by atoms with Gasteiger partial charge in [-0.05, 0) is 75.5 Å². The Kier molecular flexibility index (Phi) is 7.67. The van der Waals surface area contributed by atoms with Crippen LogP contribution in [0.25, 0.3) is 28.0 Å². The van der Waals surface area contributed by atoms with Crippen molar-refractivity contribution >= 4 is 28.6 Å². The van der Waals surface area contributed by atoms with E-state index in [-0.39, 0.29) is 15.8 Å². The summed E-state index contributed by atoms with van der Waals surface area (Å²) in [5, 5.41) is 2.26. The zero-order chi connectivity index (χ0) is 36.1. The van der Waals surface area contributed by atoms with Crippen LogP contribution in [0.5, 0.6) is 23.0 Å². The lowest BCUT2D eigenvalue weighted by Gasteiger charge is -2.50. The van der Waals surface area contributed by atoms with Crippen molar-refractivity contribution < 1.29 is 18.9 Å². The highest BCUT2D eigenvalue weighted by Crippen LogP contribution is 2.63. The molecule has 2 aliphatic heterocycles. The molecular weight excluding hydrogens is 649 g/mol. The van der Waals surface area contributed by atoms with Crippen molar-refractivity contribution in [3.05, 3.63) is 119 Å². The zero-order valence-electron chi connectivity index (χ0n) is 31.4. The van der Waals surface area contributed by atoms with Gasteiger partial charge in [-0.1, -0.05) is 122 Å². The summed E-state index contributed by atoms with van der Waals surface area (Å²) in [7, 11) is 3.40. The number of thioether (sulfide) groups is 1. The van der Waals surface area contributed by atoms with Gasteiger partial charge in [-0.25, -0.2) is 0 Å². The second-order valence-electron chi connectivity index (χ2n) is 16.0. The van der Waals surface area contributed by atoms with Crippen LogP contribution in [0.4, 0.5) is 0 Å². The lowest BCUT2D eigenvalue weighted by Crippen LogP contribution is -2.44. The van der Waals surface area contributed by atoms with Crippen LogP contribution in [-0.4, -0.2) is 19.2 Å². The van der Waals surface area contributed by atoms with E-state index in [0.29, 0.717) is 11.8 Å². The summed E-state index contributed by atoms with van der Waals surface area (Å²) < 4.78 is 25.8. The Hall–Kier alpha value is -4.35. The van der Waals surface area contributed by atoms with Gasteiger partial charge in [-0.3, -0.25) is 0 Å². The molecule has 262 valence electrons. The van der Waals surface area contributed by atoms with Gasteiger partial charge in [0.15, 0.2) is 10.5 Å². The first-order valence-electron chi connectivity index (χ1n) is 18.1. The molecule has 0 radical (unpaired) electrons. The van der Waals surface area contributed by atoms with Crippen LogP contribution in [-0.2, 0) is 16.4 Å². The Bertz CT molecular complexity index is 2150. The molecule has 8 rings (SSSR count). The predicted molar refractivity (Wildman–Crippen MR) is 211 cm³/mol. The second-order valence-corrected chi connectivity index (χ2v) is 17.3. The molecule has 0 fully saturated rings. The molecule has 0 spiro atoms. The molecule has 1 aliphatic carbocycles. The molecule has 4 nitrogen and oxygen atoms in total. The van der Waals surface area contributed by atoms with Crippen LogP contribution in [0.1, 0.15) is 83.2 Å². The minimum Gasteiger partial charge on any atom is -0.497 e. The van der Waals surface area contributed by atoms with Gasteiger partial charge in [0.2, 0.25) is 0 Å². The SMILES string of the molecule is COc1ccc(C2(c3ccc(OC)cc3)C=Cc3c4c(c5cc6c(cc5c3O2)OC(C(C)C)(C(C)C)S6)-c2ccccc2C(C)(C)C4(C)C)cc1. The van der Waals surface area contributed by atoms with Gasteiger partial charge in [-0.2, -0.15) is 0 Å². The van der Waals surface area contributed by atoms with E-state index in [2.05, 4.69) is 128 Å². The summed E-state index contributed by atoms with van der Waals surface area (Å²) in [6.45, 7) is 18.7. The molecule has 5 heteroatoms. The van der Waals surface area contributed by atoms with E-state index < -0.39 is 5.60 Å². The van der Waals surface area contributed by atoms with Crippen LogP contribution in [0, 0.1) is 11.8 Å². The van der Waals surface area contributed by atoms with Crippen LogP contribution >= 0.6 is 11.8 Å². The summed E-state index contributed by atoms with van der Waals surface area (Å²) >= 11 is 1.88. The summed E-state index contributed by atoms with van der Waals surface area (Å²) in [4.78, 5) is 0.838. The molecule has 5 aromatic carbocycles. The van der Waals surface area contributed by atoms with Crippen molar-refractivity contribution in [3.63, 3.8) is 0 Å². The molecule has 51 heavy (non-hydrogen) atoms. The maximum absolute atomic E-state index is 7.64. The maximum Gasteiger partial charge on any atom is 0.178 e. The van der Waals surface area contributed by atoms with E-state index in [1.165, 1.54) is 32.5 Å². The molecule has 0 amide bonds. The highest BCUT2D eigenvalue weighted by molar-refractivity contribution is 8.01. The molecule has 0 saturated carbocycles. The average Bonchev–Trinajstić information content (AvgIpc) is 3.53. The lowest BCUT2D eigenvalue weighted by atomic mass is 9.54. The molecule has 3 aliphatic rings. The smallest absolute Gasteiger partial charge is 0.178 e. The Morgan fingerprint density at radius 2 is 1.25 bits per heavy atom. The van der Waals surface area contributed by atoms with Crippen molar-refractivity contribution in [1.82, 2.24) is 0 Å². The topological polar surface area (TPSA) is 36.9 Å². The van der Waals surface area contributed by atoms with Crippen molar-refractivity contribution in [2.75, 3.05) is 14.2 Å². The standard InChI is InChI=1S/C46H48O4S/c1-27(2)46(28(3)4)49-38-25-36-35(26-39(38)51-46)40-33-13-11-12-14-37(33)43(5,6)44(7,8)41(40)34-23-24-45(50-42(34)36,29-15-19-31(47-9)20-16-29)30-17-21-32(48-10)22-18-30/h11-28H,1-10H3. The molecule has 0 aromatic heterocycles. The van der Waals surface area contributed by atoms with Crippen molar-refractivity contribution in [2.45, 2.75) is 81.6 Å². The summed E-state index contributed by atoms with van der Waals surface area (Å²) in [6, 6.07) is 30.2. The van der Waals surface area contributed by atoms with Crippen LogP contribution in [0.15, 0.2) is 95.9 Å². The third kappa shape index (κ3) is 4.66. The first-order chi connectivity index (χ1) is 24.3. The Balaban J connectivity index is 1.47. The van der Waals surface area contributed by atoms with Crippen molar-refractivity contribution in [1.29, 1.82) is 0 Å². The van der Waals surface area contributed by atoms with E-state index in [1.807, 2.05) is 36.0 Å². The number of benzene rings is 5. The minimum absolute atomic E-state index is 0.147. The summed E-state index contributed by atoms with van der Waals surface area (Å²) in [6.07, 6.45) is 4.57. The van der Waals surface area contributed by atoms with Crippen LogP contribution in [0.2, 0.25) is 0 Å². The quantitative estimate of drug-likeness (QED) is 0.177. The number of ether oxygens (including phenoxy) is 4. The summed E-state index contributed by atoms with van der Waals surface area (Å²) in [5.41, 5.74) is 7.16. The molecule has 0 unspecified atom stereocenters. The number of methoxy groups -OCH3 is 2. The molecule has 5 aromatic rings. The van der Waals surface area contributed by atoms with Gasteiger partial charge >= 0.3 is 0 Å². The first-order valence-corrected chi connectivity index (χ1v) is 18.9.